The largest absolute Gasteiger partial charge is 0.372 e. The molecular formula is C11H20N2. The zero-order valence-electron chi connectivity index (χ0n) is 8.85. The Bertz CT molecular complexity index is 189. The summed E-state index contributed by atoms with van der Waals surface area (Å²) in [5.74, 6) is 3.94. The number of terminal acetylenes is 1. The summed E-state index contributed by atoms with van der Waals surface area (Å²) in [5.41, 5.74) is 0. The van der Waals surface area contributed by atoms with Crippen molar-refractivity contribution in [1.82, 2.24) is 10.6 Å². The van der Waals surface area contributed by atoms with E-state index in [0.29, 0.717) is 5.92 Å². The third-order valence-electron chi connectivity index (χ3n) is 1.76. The molecule has 0 aliphatic rings. The molecule has 74 valence electrons. The van der Waals surface area contributed by atoms with Gasteiger partial charge in [-0.1, -0.05) is 33.3 Å². The van der Waals surface area contributed by atoms with Gasteiger partial charge in [0.15, 0.2) is 0 Å². The highest BCUT2D eigenvalue weighted by Gasteiger charge is 2.08. The standard InChI is InChI=1S/C11H20N2/c1-6-8-12-10(5)13-11(7-2)9(3)4/h2,9,11-13H,5-6,8H2,1,3-4H3. The second-order valence-corrected chi connectivity index (χ2v) is 3.44. The molecule has 0 saturated carbocycles. The van der Waals surface area contributed by atoms with Gasteiger partial charge in [0.2, 0.25) is 0 Å². The molecular weight excluding hydrogens is 160 g/mol. The van der Waals surface area contributed by atoms with Gasteiger partial charge in [-0.05, 0) is 12.3 Å². The van der Waals surface area contributed by atoms with Gasteiger partial charge in [0.25, 0.3) is 0 Å². The minimum Gasteiger partial charge on any atom is -0.372 e. The Morgan fingerprint density at radius 3 is 2.54 bits per heavy atom. The van der Waals surface area contributed by atoms with E-state index >= 15 is 0 Å². The van der Waals surface area contributed by atoms with Gasteiger partial charge in [0.1, 0.15) is 0 Å². The molecule has 1 atom stereocenters. The summed E-state index contributed by atoms with van der Waals surface area (Å²) in [6, 6.07) is 0.0665. The third-order valence-corrected chi connectivity index (χ3v) is 1.76. The van der Waals surface area contributed by atoms with Crippen LogP contribution in [0.1, 0.15) is 27.2 Å². The van der Waals surface area contributed by atoms with E-state index < -0.39 is 0 Å². The molecule has 0 aromatic carbocycles. The molecule has 0 rings (SSSR count). The average molecular weight is 180 g/mol. The van der Waals surface area contributed by atoms with Crippen molar-refractivity contribution in [2.24, 2.45) is 5.92 Å². The summed E-state index contributed by atoms with van der Waals surface area (Å²) in [4.78, 5) is 0. The maximum absolute atomic E-state index is 5.37. The van der Waals surface area contributed by atoms with E-state index in [1.165, 1.54) is 0 Å². The van der Waals surface area contributed by atoms with Gasteiger partial charge in [0.05, 0.1) is 11.9 Å². The Labute approximate surface area is 81.8 Å². The van der Waals surface area contributed by atoms with Gasteiger partial charge >= 0.3 is 0 Å². The zero-order chi connectivity index (χ0) is 10.3. The van der Waals surface area contributed by atoms with Crippen LogP contribution >= 0.6 is 0 Å². The van der Waals surface area contributed by atoms with Gasteiger partial charge in [-0.2, -0.15) is 0 Å². The highest BCUT2D eigenvalue weighted by Crippen LogP contribution is 2.00. The first-order chi connectivity index (χ1) is 6.11. The van der Waals surface area contributed by atoms with Gasteiger partial charge in [0, 0.05) is 6.54 Å². The summed E-state index contributed by atoms with van der Waals surface area (Å²) in [5, 5.41) is 6.31. The lowest BCUT2D eigenvalue weighted by molar-refractivity contribution is 0.497. The molecule has 0 aromatic heterocycles. The van der Waals surface area contributed by atoms with Gasteiger partial charge in [-0.3, -0.25) is 0 Å². The summed E-state index contributed by atoms with van der Waals surface area (Å²) in [6.07, 6.45) is 6.46. The Balaban J connectivity index is 3.82. The average Bonchev–Trinajstić information content (AvgIpc) is 2.10. The molecule has 2 N–H and O–H groups in total. The Morgan fingerprint density at radius 2 is 2.15 bits per heavy atom. The lowest BCUT2D eigenvalue weighted by atomic mass is 10.1. The van der Waals surface area contributed by atoms with E-state index in [1.54, 1.807) is 0 Å². The Kier molecular flexibility index (Phi) is 5.88. The second kappa shape index (κ2) is 6.42. The first kappa shape index (κ1) is 11.9. The number of rotatable bonds is 6. The number of hydrogen-bond acceptors (Lipinski definition) is 2. The molecule has 0 amide bonds. The monoisotopic (exact) mass is 180 g/mol. The zero-order valence-corrected chi connectivity index (χ0v) is 8.85. The number of hydrogen-bond donors (Lipinski definition) is 2. The van der Waals surface area contributed by atoms with Crippen molar-refractivity contribution in [2.75, 3.05) is 6.54 Å². The minimum absolute atomic E-state index is 0.0665. The molecule has 0 aromatic rings. The Morgan fingerprint density at radius 1 is 1.54 bits per heavy atom. The van der Waals surface area contributed by atoms with Crippen LogP contribution in [0, 0.1) is 18.3 Å². The lowest BCUT2D eigenvalue weighted by Crippen LogP contribution is -2.36. The molecule has 2 nitrogen and oxygen atoms in total. The van der Waals surface area contributed by atoms with Crippen molar-refractivity contribution in [3.05, 3.63) is 12.4 Å². The van der Waals surface area contributed by atoms with E-state index in [4.69, 9.17) is 6.42 Å². The fourth-order valence-corrected chi connectivity index (χ4v) is 0.915. The van der Waals surface area contributed by atoms with Crippen molar-refractivity contribution in [2.45, 2.75) is 33.2 Å². The summed E-state index contributed by atoms with van der Waals surface area (Å²) >= 11 is 0. The molecule has 0 bridgehead atoms. The Hall–Kier alpha value is -1.10. The molecule has 0 fully saturated rings. The lowest BCUT2D eigenvalue weighted by Gasteiger charge is -2.20. The maximum Gasteiger partial charge on any atom is 0.0922 e. The van der Waals surface area contributed by atoms with Crippen LogP contribution in [0.5, 0.6) is 0 Å². The first-order valence-corrected chi connectivity index (χ1v) is 4.77. The van der Waals surface area contributed by atoms with Crippen LogP contribution in [0.2, 0.25) is 0 Å². The van der Waals surface area contributed by atoms with Crippen LogP contribution in [0.15, 0.2) is 12.4 Å². The van der Waals surface area contributed by atoms with E-state index in [1.807, 2.05) is 0 Å². The van der Waals surface area contributed by atoms with Crippen molar-refractivity contribution < 1.29 is 0 Å². The fourth-order valence-electron chi connectivity index (χ4n) is 0.915. The third kappa shape index (κ3) is 5.19. The highest BCUT2D eigenvalue weighted by atomic mass is 15.1. The molecule has 0 radical (unpaired) electrons. The second-order valence-electron chi connectivity index (χ2n) is 3.44. The molecule has 2 heteroatoms. The topological polar surface area (TPSA) is 24.1 Å². The minimum atomic E-state index is 0.0665. The molecule has 13 heavy (non-hydrogen) atoms. The van der Waals surface area contributed by atoms with E-state index in [-0.39, 0.29) is 6.04 Å². The highest BCUT2D eigenvalue weighted by molar-refractivity contribution is 5.05. The quantitative estimate of drug-likeness (QED) is 0.608. The molecule has 0 spiro atoms. The van der Waals surface area contributed by atoms with Crippen LogP contribution in [0.25, 0.3) is 0 Å². The number of nitrogens with one attached hydrogen (secondary N) is 2. The predicted octanol–water partition coefficient (Wildman–Crippen LogP) is 1.70. The summed E-state index contributed by atoms with van der Waals surface area (Å²) < 4.78 is 0. The fraction of sp³-hybridized carbons (Fsp3) is 0.636. The van der Waals surface area contributed by atoms with E-state index in [2.05, 4.69) is 43.9 Å². The summed E-state index contributed by atoms with van der Waals surface area (Å²) in [7, 11) is 0. The summed E-state index contributed by atoms with van der Waals surface area (Å²) in [6.45, 7) is 11.1. The first-order valence-electron chi connectivity index (χ1n) is 4.77. The smallest absolute Gasteiger partial charge is 0.0922 e. The SMILES string of the molecule is C#CC(NC(=C)NCCC)C(C)C. The normalized spacial score (nSPS) is 11.9. The van der Waals surface area contributed by atoms with Crippen molar-refractivity contribution >= 4 is 0 Å². The van der Waals surface area contributed by atoms with Crippen LogP contribution in [-0.2, 0) is 0 Å². The molecule has 0 aliphatic carbocycles. The van der Waals surface area contributed by atoms with E-state index in [0.717, 1.165) is 18.8 Å². The van der Waals surface area contributed by atoms with Gasteiger partial charge in [-0.25, -0.2) is 0 Å². The van der Waals surface area contributed by atoms with E-state index in [9.17, 15) is 0 Å². The molecule has 1 unspecified atom stereocenters. The molecule has 0 saturated heterocycles. The van der Waals surface area contributed by atoms with Gasteiger partial charge < -0.3 is 10.6 Å². The van der Waals surface area contributed by atoms with Crippen LogP contribution in [0.3, 0.4) is 0 Å². The molecule has 0 heterocycles. The van der Waals surface area contributed by atoms with Crippen molar-refractivity contribution in [1.29, 1.82) is 0 Å². The van der Waals surface area contributed by atoms with Crippen molar-refractivity contribution in [3.8, 4) is 12.3 Å². The maximum atomic E-state index is 5.37. The predicted molar refractivity (Wildman–Crippen MR) is 58.0 cm³/mol. The van der Waals surface area contributed by atoms with Gasteiger partial charge in [-0.15, -0.1) is 6.42 Å². The van der Waals surface area contributed by atoms with Crippen LogP contribution in [-0.4, -0.2) is 12.6 Å². The molecule has 0 aliphatic heterocycles. The van der Waals surface area contributed by atoms with Crippen LogP contribution < -0.4 is 10.6 Å². The van der Waals surface area contributed by atoms with Crippen molar-refractivity contribution in [3.63, 3.8) is 0 Å². The van der Waals surface area contributed by atoms with Crippen LogP contribution in [0.4, 0.5) is 0 Å².